The Bertz CT molecular complexity index is 977. The fraction of sp³-hybridized carbons (Fsp3) is 0.304. The third-order valence-electron chi connectivity index (χ3n) is 5.17. The Morgan fingerprint density at radius 1 is 0.967 bits per heavy atom. The SMILES string of the molecule is CCOc1ccccc1N1C(=O)C(c2ccc(OC)cc2)=C(N2CCOCC2)C1=O. The zero-order chi connectivity index (χ0) is 21.1. The molecule has 2 aliphatic heterocycles. The van der Waals surface area contributed by atoms with E-state index in [1.54, 1.807) is 49.6 Å². The quantitative estimate of drug-likeness (QED) is 0.685. The Labute approximate surface area is 175 Å². The van der Waals surface area contributed by atoms with Crippen LogP contribution in [-0.4, -0.2) is 56.7 Å². The Kier molecular flexibility index (Phi) is 5.72. The van der Waals surface area contributed by atoms with Crippen LogP contribution in [0.15, 0.2) is 54.2 Å². The van der Waals surface area contributed by atoms with E-state index in [1.807, 2.05) is 17.9 Å². The van der Waals surface area contributed by atoms with Gasteiger partial charge in [-0.3, -0.25) is 9.59 Å². The molecule has 0 N–H and O–H groups in total. The van der Waals surface area contributed by atoms with Crippen LogP contribution in [0.25, 0.3) is 5.57 Å². The standard InChI is InChI=1S/C23H24N2O5/c1-3-30-19-7-5-4-6-18(19)25-22(26)20(16-8-10-17(28-2)11-9-16)21(23(25)27)24-12-14-29-15-13-24/h4-11H,3,12-15H2,1-2H3. The molecule has 2 aromatic rings. The second kappa shape index (κ2) is 8.59. The molecule has 0 radical (unpaired) electrons. The number of rotatable bonds is 6. The number of anilines is 1. The summed E-state index contributed by atoms with van der Waals surface area (Å²) in [6.07, 6.45) is 0. The molecule has 4 rings (SSSR count). The van der Waals surface area contributed by atoms with Crippen molar-refractivity contribution in [2.75, 3.05) is 44.9 Å². The van der Waals surface area contributed by atoms with Gasteiger partial charge in [-0.25, -0.2) is 4.90 Å². The molecule has 0 unspecified atom stereocenters. The number of carbonyl (C=O) groups excluding carboxylic acids is 2. The van der Waals surface area contributed by atoms with E-state index in [9.17, 15) is 9.59 Å². The van der Waals surface area contributed by atoms with Gasteiger partial charge in [-0.05, 0) is 36.8 Å². The van der Waals surface area contributed by atoms with E-state index in [0.29, 0.717) is 66.9 Å². The van der Waals surface area contributed by atoms with Gasteiger partial charge in [0.05, 0.1) is 38.2 Å². The lowest BCUT2D eigenvalue weighted by molar-refractivity contribution is -0.121. The molecular weight excluding hydrogens is 384 g/mol. The molecule has 0 bridgehead atoms. The van der Waals surface area contributed by atoms with Gasteiger partial charge in [-0.2, -0.15) is 0 Å². The largest absolute Gasteiger partial charge is 0.497 e. The monoisotopic (exact) mass is 408 g/mol. The molecule has 2 aliphatic rings. The summed E-state index contributed by atoms with van der Waals surface area (Å²) < 4.78 is 16.4. The van der Waals surface area contributed by atoms with Gasteiger partial charge >= 0.3 is 0 Å². The van der Waals surface area contributed by atoms with Crippen molar-refractivity contribution in [3.63, 3.8) is 0 Å². The minimum absolute atomic E-state index is 0.347. The number of ether oxygens (including phenoxy) is 3. The molecule has 2 heterocycles. The Morgan fingerprint density at radius 2 is 1.67 bits per heavy atom. The minimum Gasteiger partial charge on any atom is -0.497 e. The maximum Gasteiger partial charge on any atom is 0.282 e. The molecule has 0 spiro atoms. The van der Waals surface area contributed by atoms with Crippen LogP contribution in [0.2, 0.25) is 0 Å². The average Bonchev–Trinajstić information content (AvgIpc) is 3.05. The summed E-state index contributed by atoms with van der Waals surface area (Å²) in [7, 11) is 1.59. The maximum atomic E-state index is 13.6. The highest BCUT2D eigenvalue weighted by atomic mass is 16.5. The van der Waals surface area contributed by atoms with Crippen molar-refractivity contribution in [2.24, 2.45) is 0 Å². The van der Waals surface area contributed by atoms with Crippen LogP contribution in [0.4, 0.5) is 5.69 Å². The van der Waals surface area contributed by atoms with E-state index in [-0.39, 0.29) is 11.8 Å². The van der Waals surface area contributed by atoms with Gasteiger partial charge in [0.15, 0.2) is 0 Å². The Balaban J connectivity index is 1.81. The number of nitrogens with zero attached hydrogens (tertiary/aromatic N) is 2. The van der Waals surface area contributed by atoms with Crippen LogP contribution in [-0.2, 0) is 14.3 Å². The Hall–Kier alpha value is -3.32. The van der Waals surface area contributed by atoms with E-state index in [1.165, 1.54) is 4.90 Å². The molecule has 30 heavy (non-hydrogen) atoms. The normalized spacial score (nSPS) is 17.0. The van der Waals surface area contributed by atoms with E-state index in [2.05, 4.69) is 0 Å². The van der Waals surface area contributed by atoms with Crippen LogP contribution in [0.1, 0.15) is 12.5 Å². The highest BCUT2D eigenvalue weighted by molar-refractivity contribution is 6.45. The molecule has 7 nitrogen and oxygen atoms in total. The van der Waals surface area contributed by atoms with Crippen molar-refractivity contribution in [3.05, 3.63) is 59.8 Å². The number of amides is 2. The third-order valence-corrected chi connectivity index (χ3v) is 5.17. The van der Waals surface area contributed by atoms with Crippen molar-refractivity contribution in [1.29, 1.82) is 0 Å². The predicted molar refractivity (Wildman–Crippen MR) is 112 cm³/mol. The maximum absolute atomic E-state index is 13.6. The van der Waals surface area contributed by atoms with Gasteiger partial charge in [0.1, 0.15) is 17.2 Å². The van der Waals surface area contributed by atoms with E-state index < -0.39 is 0 Å². The van der Waals surface area contributed by atoms with E-state index >= 15 is 0 Å². The number of benzene rings is 2. The molecule has 1 fully saturated rings. The van der Waals surface area contributed by atoms with Crippen molar-refractivity contribution < 1.29 is 23.8 Å². The summed E-state index contributed by atoms with van der Waals surface area (Å²) in [5, 5.41) is 0. The molecule has 7 heteroatoms. The summed E-state index contributed by atoms with van der Waals surface area (Å²) >= 11 is 0. The van der Waals surface area contributed by atoms with E-state index in [0.717, 1.165) is 0 Å². The highest BCUT2D eigenvalue weighted by Gasteiger charge is 2.43. The molecule has 156 valence electrons. The number of morpholine rings is 1. The molecule has 1 saturated heterocycles. The van der Waals surface area contributed by atoms with Crippen LogP contribution in [0, 0.1) is 0 Å². The minimum atomic E-state index is -0.362. The number of para-hydroxylation sites is 2. The van der Waals surface area contributed by atoms with Gasteiger partial charge in [0.2, 0.25) is 0 Å². The predicted octanol–water partition coefficient (Wildman–Crippen LogP) is 2.71. The number of hydrogen-bond acceptors (Lipinski definition) is 6. The molecular formula is C23H24N2O5. The molecule has 0 aliphatic carbocycles. The van der Waals surface area contributed by atoms with Gasteiger partial charge < -0.3 is 19.1 Å². The first-order chi connectivity index (χ1) is 14.7. The van der Waals surface area contributed by atoms with Gasteiger partial charge in [0, 0.05) is 13.1 Å². The molecule has 2 amide bonds. The summed E-state index contributed by atoms with van der Waals surface area (Å²) in [6.45, 7) is 4.42. The van der Waals surface area contributed by atoms with Crippen LogP contribution in [0.5, 0.6) is 11.5 Å². The lowest BCUT2D eigenvalue weighted by Gasteiger charge is -2.29. The first-order valence-corrected chi connectivity index (χ1v) is 9.97. The van der Waals surface area contributed by atoms with Crippen molar-refractivity contribution in [1.82, 2.24) is 4.90 Å². The fourth-order valence-corrected chi connectivity index (χ4v) is 3.75. The zero-order valence-corrected chi connectivity index (χ0v) is 17.1. The molecule has 0 aromatic heterocycles. The second-order valence-electron chi connectivity index (χ2n) is 6.90. The molecule has 0 atom stereocenters. The Morgan fingerprint density at radius 3 is 2.33 bits per heavy atom. The van der Waals surface area contributed by atoms with Crippen LogP contribution in [0.3, 0.4) is 0 Å². The van der Waals surface area contributed by atoms with Gasteiger partial charge in [0.25, 0.3) is 11.8 Å². The second-order valence-corrected chi connectivity index (χ2v) is 6.90. The fourth-order valence-electron chi connectivity index (χ4n) is 3.75. The molecule has 0 saturated carbocycles. The highest BCUT2D eigenvalue weighted by Crippen LogP contribution is 2.39. The first kappa shape index (κ1) is 20.0. The van der Waals surface area contributed by atoms with E-state index in [4.69, 9.17) is 14.2 Å². The summed E-state index contributed by atoms with van der Waals surface area (Å²) in [5.74, 6) is 0.472. The first-order valence-electron chi connectivity index (χ1n) is 9.97. The third kappa shape index (κ3) is 3.52. The smallest absolute Gasteiger partial charge is 0.282 e. The topological polar surface area (TPSA) is 68.3 Å². The number of carbonyl (C=O) groups is 2. The van der Waals surface area contributed by atoms with Crippen molar-refractivity contribution in [2.45, 2.75) is 6.92 Å². The number of methoxy groups -OCH3 is 1. The lowest BCUT2D eigenvalue weighted by Crippen LogP contribution is -2.40. The number of hydrogen-bond donors (Lipinski definition) is 0. The summed E-state index contributed by atoms with van der Waals surface area (Å²) in [5.41, 5.74) is 1.91. The lowest BCUT2D eigenvalue weighted by atomic mass is 10.0. The van der Waals surface area contributed by atoms with Gasteiger partial charge in [-0.15, -0.1) is 0 Å². The van der Waals surface area contributed by atoms with Gasteiger partial charge in [-0.1, -0.05) is 24.3 Å². The summed E-state index contributed by atoms with van der Waals surface area (Å²) in [4.78, 5) is 30.3. The van der Waals surface area contributed by atoms with Crippen LogP contribution >= 0.6 is 0 Å². The summed E-state index contributed by atoms with van der Waals surface area (Å²) in [6, 6.07) is 14.3. The zero-order valence-electron chi connectivity index (χ0n) is 17.1. The van der Waals surface area contributed by atoms with Crippen molar-refractivity contribution >= 4 is 23.1 Å². The van der Waals surface area contributed by atoms with Crippen LogP contribution < -0.4 is 14.4 Å². The average molecular weight is 408 g/mol. The van der Waals surface area contributed by atoms with Crippen molar-refractivity contribution in [3.8, 4) is 11.5 Å². The number of imide groups is 1. The molecule has 2 aromatic carbocycles.